The van der Waals surface area contributed by atoms with Crippen molar-refractivity contribution in [1.29, 1.82) is 0 Å². The maximum absolute atomic E-state index is 5.00. The lowest BCUT2D eigenvalue weighted by Gasteiger charge is -1.97. The number of unbranched alkanes of at least 4 members (excludes halogenated alkanes) is 7. The van der Waals surface area contributed by atoms with E-state index < -0.39 is 0 Å². The fraction of sp³-hybridized carbons (Fsp3) is 0.857. The number of ether oxygens (including phenoxy) is 1. The fourth-order valence-corrected chi connectivity index (χ4v) is 1.61. The molecule has 0 atom stereocenters. The van der Waals surface area contributed by atoms with E-state index >= 15 is 0 Å². The lowest BCUT2D eigenvalue weighted by Crippen LogP contribution is -1.86. The number of hydrogen-bond donors (Lipinski definition) is 0. The molecular weight excluding hydrogens is 184 g/mol. The summed E-state index contributed by atoms with van der Waals surface area (Å²) in [6.45, 7) is 3.17. The van der Waals surface area contributed by atoms with Crippen LogP contribution >= 0.6 is 0 Å². The van der Waals surface area contributed by atoms with E-state index in [1.807, 2.05) is 0 Å². The van der Waals surface area contributed by atoms with Crippen molar-refractivity contribution in [2.24, 2.45) is 0 Å². The molecule has 15 heavy (non-hydrogen) atoms. The topological polar surface area (TPSA) is 9.23 Å². The van der Waals surface area contributed by atoms with E-state index in [1.165, 1.54) is 57.8 Å². The van der Waals surface area contributed by atoms with Gasteiger partial charge in [0.05, 0.1) is 0 Å². The Labute approximate surface area is 95.9 Å². The van der Waals surface area contributed by atoms with E-state index in [0.29, 0.717) is 0 Å². The summed E-state index contributed by atoms with van der Waals surface area (Å²) in [5.74, 6) is 0. The Morgan fingerprint density at radius 1 is 0.800 bits per heavy atom. The van der Waals surface area contributed by atoms with Gasteiger partial charge in [-0.2, -0.15) is 0 Å². The summed E-state index contributed by atoms with van der Waals surface area (Å²) in [5.41, 5.74) is 0. The fourth-order valence-electron chi connectivity index (χ4n) is 1.61. The molecule has 0 aliphatic rings. The molecule has 0 radical (unpaired) electrons. The second-order valence-electron chi connectivity index (χ2n) is 4.16. The molecule has 0 aliphatic carbocycles. The van der Waals surface area contributed by atoms with Gasteiger partial charge < -0.3 is 4.74 Å². The zero-order valence-electron chi connectivity index (χ0n) is 10.6. The van der Waals surface area contributed by atoms with E-state index in [2.05, 4.69) is 19.1 Å². The van der Waals surface area contributed by atoms with Crippen LogP contribution in [0.2, 0.25) is 0 Å². The van der Waals surface area contributed by atoms with Crippen LogP contribution in [0.4, 0.5) is 0 Å². The Morgan fingerprint density at radius 3 is 2.00 bits per heavy atom. The molecule has 0 rings (SSSR count). The van der Waals surface area contributed by atoms with Crippen molar-refractivity contribution in [3.63, 3.8) is 0 Å². The summed E-state index contributed by atoms with van der Waals surface area (Å²) in [4.78, 5) is 0. The molecule has 0 heterocycles. The molecule has 0 aromatic carbocycles. The van der Waals surface area contributed by atoms with Gasteiger partial charge in [-0.3, -0.25) is 0 Å². The predicted octanol–water partition coefficient (Wildman–Crippen LogP) is 4.72. The molecule has 0 saturated carbocycles. The Bertz CT molecular complexity index is 129. The van der Waals surface area contributed by atoms with Gasteiger partial charge in [0.1, 0.15) is 0 Å². The molecule has 0 spiro atoms. The first kappa shape index (κ1) is 14.7. The van der Waals surface area contributed by atoms with Gasteiger partial charge >= 0.3 is 0 Å². The van der Waals surface area contributed by atoms with Crippen molar-refractivity contribution >= 4 is 0 Å². The predicted molar refractivity (Wildman–Crippen MR) is 68.2 cm³/mol. The first-order valence-corrected chi connectivity index (χ1v) is 6.55. The van der Waals surface area contributed by atoms with Crippen LogP contribution < -0.4 is 0 Å². The van der Waals surface area contributed by atoms with Crippen LogP contribution in [-0.4, -0.2) is 13.7 Å². The molecular formula is C14H28O. The van der Waals surface area contributed by atoms with Gasteiger partial charge in [-0.1, -0.05) is 44.8 Å². The smallest absolute Gasteiger partial charge is 0.0462 e. The third-order valence-electron chi connectivity index (χ3n) is 2.61. The minimum absolute atomic E-state index is 0.908. The number of hydrogen-bond acceptors (Lipinski definition) is 1. The summed E-state index contributed by atoms with van der Waals surface area (Å²) in [7, 11) is 1.77. The molecule has 0 fully saturated rings. The summed E-state index contributed by atoms with van der Waals surface area (Å²) < 4.78 is 5.00. The maximum atomic E-state index is 5.00. The minimum atomic E-state index is 0.908. The van der Waals surface area contributed by atoms with Gasteiger partial charge in [0.15, 0.2) is 0 Å². The highest BCUT2D eigenvalue weighted by atomic mass is 16.5. The maximum Gasteiger partial charge on any atom is 0.0462 e. The third-order valence-corrected chi connectivity index (χ3v) is 2.61. The van der Waals surface area contributed by atoms with E-state index in [9.17, 15) is 0 Å². The van der Waals surface area contributed by atoms with Crippen LogP contribution in [0.3, 0.4) is 0 Å². The Hall–Kier alpha value is -0.300. The molecule has 0 unspecified atom stereocenters. The van der Waals surface area contributed by atoms with Crippen molar-refractivity contribution in [3.8, 4) is 0 Å². The van der Waals surface area contributed by atoms with E-state index in [0.717, 1.165) is 6.61 Å². The minimum Gasteiger partial charge on any atom is -0.385 e. The number of methoxy groups -OCH3 is 1. The molecule has 0 saturated heterocycles. The molecule has 1 heteroatoms. The van der Waals surface area contributed by atoms with Gasteiger partial charge in [0.2, 0.25) is 0 Å². The van der Waals surface area contributed by atoms with Crippen molar-refractivity contribution in [2.45, 2.75) is 64.7 Å². The van der Waals surface area contributed by atoms with Gasteiger partial charge in [-0.15, -0.1) is 0 Å². The molecule has 1 nitrogen and oxygen atoms in total. The third kappa shape index (κ3) is 13.7. The van der Waals surface area contributed by atoms with Crippen LogP contribution in [-0.2, 0) is 4.74 Å². The van der Waals surface area contributed by atoms with E-state index in [-0.39, 0.29) is 0 Å². The second kappa shape index (κ2) is 13.7. The summed E-state index contributed by atoms with van der Waals surface area (Å²) in [5, 5.41) is 0. The van der Waals surface area contributed by atoms with E-state index in [4.69, 9.17) is 4.74 Å². The number of rotatable bonds is 11. The summed E-state index contributed by atoms with van der Waals surface area (Å²) in [6, 6.07) is 0. The molecule has 0 N–H and O–H groups in total. The highest BCUT2D eigenvalue weighted by molar-refractivity contribution is 4.81. The van der Waals surface area contributed by atoms with Gasteiger partial charge in [-0.05, 0) is 32.1 Å². The van der Waals surface area contributed by atoms with Gasteiger partial charge in [-0.25, -0.2) is 0 Å². The van der Waals surface area contributed by atoms with Crippen LogP contribution in [0.25, 0.3) is 0 Å². The van der Waals surface area contributed by atoms with Crippen molar-refractivity contribution in [3.05, 3.63) is 12.2 Å². The first-order chi connectivity index (χ1) is 7.41. The Kier molecular flexibility index (Phi) is 13.4. The zero-order chi connectivity index (χ0) is 11.2. The largest absolute Gasteiger partial charge is 0.385 e. The SMILES string of the molecule is CCCCCCCC=CCCCCOC. The highest BCUT2D eigenvalue weighted by Gasteiger charge is 1.87. The van der Waals surface area contributed by atoms with Gasteiger partial charge in [0, 0.05) is 13.7 Å². The van der Waals surface area contributed by atoms with Crippen LogP contribution in [0.15, 0.2) is 12.2 Å². The quantitative estimate of drug-likeness (QED) is 0.356. The molecule has 0 aromatic heterocycles. The lowest BCUT2D eigenvalue weighted by atomic mass is 10.1. The molecule has 0 aliphatic heterocycles. The average Bonchev–Trinajstić information content (AvgIpc) is 2.26. The standard InChI is InChI=1S/C14H28O/c1-3-4-5-6-7-8-9-10-11-12-13-14-15-2/h9-10H,3-8,11-14H2,1-2H3. The molecule has 90 valence electrons. The zero-order valence-corrected chi connectivity index (χ0v) is 10.6. The van der Waals surface area contributed by atoms with Crippen LogP contribution in [0.5, 0.6) is 0 Å². The number of allylic oxidation sites excluding steroid dienone is 2. The van der Waals surface area contributed by atoms with Crippen LogP contribution in [0.1, 0.15) is 64.7 Å². The second-order valence-corrected chi connectivity index (χ2v) is 4.16. The molecule has 0 amide bonds. The summed E-state index contributed by atoms with van der Waals surface area (Å²) >= 11 is 0. The Balaban J connectivity index is 2.97. The van der Waals surface area contributed by atoms with E-state index in [1.54, 1.807) is 7.11 Å². The Morgan fingerprint density at radius 2 is 1.40 bits per heavy atom. The highest BCUT2D eigenvalue weighted by Crippen LogP contribution is 2.06. The van der Waals surface area contributed by atoms with Crippen LogP contribution in [0, 0.1) is 0 Å². The average molecular weight is 212 g/mol. The first-order valence-electron chi connectivity index (χ1n) is 6.55. The summed E-state index contributed by atoms with van der Waals surface area (Å²) in [6.07, 6.45) is 16.6. The van der Waals surface area contributed by atoms with Gasteiger partial charge in [0.25, 0.3) is 0 Å². The molecule has 0 aromatic rings. The molecule has 0 bridgehead atoms. The van der Waals surface area contributed by atoms with Crippen molar-refractivity contribution in [2.75, 3.05) is 13.7 Å². The lowest BCUT2D eigenvalue weighted by molar-refractivity contribution is 0.193. The van der Waals surface area contributed by atoms with Crippen molar-refractivity contribution in [1.82, 2.24) is 0 Å². The van der Waals surface area contributed by atoms with Crippen molar-refractivity contribution < 1.29 is 4.74 Å². The normalized spacial score (nSPS) is 11.3. The monoisotopic (exact) mass is 212 g/mol.